The smallest absolute Gasteiger partial charge is 0.323 e. The Kier molecular flexibility index (Phi) is 17.3. The van der Waals surface area contributed by atoms with E-state index in [0.29, 0.717) is 19.4 Å². The summed E-state index contributed by atoms with van der Waals surface area (Å²) < 4.78 is 0. The molecule has 0 spiro atoms. The van der Waals surface area contributed by atoms with E-state index < -0.39 is 65.2 Å². The number of rotatable bonds is 20. The molecular formula is C40H57N7O8. The quantitative estimate of drug-likeness (QED) is 0.0960. The van der Waals surface area contributed by atoms with Crippen molar-refractivity contribution in [2.75, 3.05) is 19.6 Å². The number of benzene rings is 2. The van der Waals surface area contributed by atoms with Crippen molar-refractivity contribution in [3.63, 3.8) is 0 Å². The average molecular weight is 764 g/mol. The summed E-state index contributed by atoms with van der Waals surface area (Å²) in [5.74, 6) is -3.99. The lowest BCUT2D eigenvalue weighted by molar-refractivity contribution is -0.148. The van der Waals surface area contributed by atoms with Gasteiger partial charge in [0.2, 0.25) is 35.4 Å². The van der Waals surface area contributed by atoms with E-state index in [2.05, 4.69) is 26.6 Å². The zero-order chi connectivity index (χ0) is 40.5. The van der Waals surface area contributed by atoms with E-state index in [-0.39, 0.29) is 63.4 Å². The predicted molar refractivity (Wildman–Crippen MR) is 206 cm³/mol. The highest BCUT2D eigenvalue weighted by molar-refractivity contribution is 5.95. The molecule has 0 aromatic heterocycles. The molecule has 15 heteroatoms. The van der Waals surface area contributed by atoms with Crippen LogP contribution >= 0.6 is 0 Å². The second kappa shape index (κ2) is 21.5. The summed E-state index contributed by atoms with van der Waals surface area (Å²) in [6, 6.07) is 14.0. The van der Waals surface area contributed by atoms with Crippen molar-refractivity contribution >= 4 is 41.4 Å². The van der Waals surface area contributed by atoms with Gasteiger partial charge in [-0.25, -0.2) is 0 Å². The molecule has 0 aliphatic carbocycles. The van der Waals surface area contributed by atoms with Crippen LogP contribution in [-0.4, -0.2) is 101 Å². The molecule has 1 aliphatic rings. The largest absolute Gasteiger partial charge is 0.480 e. The molecule has 6 amide bonds. The summed E-state index contributed by atoms with van der Waals surface area (Å²) in [7, 11) is 0. The van der Waals surface area contributed by atoms with Crippen molar-refractivity contribution in [3.05, 3.63) is 71.8 Å². The first kappa shape index (κ1) is 44.1. The van der Waals surface area contributed by atoms with Gasteiger partial charge in [0.05, 0.1) is 0 Å². The third-order valence-corrected chi connectivity index (χ3v) is 9.53. The molecule has 3 rings (SSSR count). The van der Waals surface area contributed by atoms with Gasteiger partial charge in [-0.3, -0.25) is 33.6 Å². The highest BCUT2D eigenvalue weighted by Crippen LogP contribution is 2.21. The minimum Gasteiger partial charge on any atom is -0.480 e. The number of likely N-dealkylation sites (tertiary alicyclic amines) is 1. The van der Waals surface area contributed by atoms with Gasteiger partial charge in [0.15, 0.2) is 0 Å². The third kappa shape index (κ3) is 14.8. The van der Waals surface area contributed by atoms with Gasteiger partial charge in [-0.15, -0.1) is 0 Å². The standard InChI is InChI=1S/C40H57N7O8/c1-26(2)23-32(35(50)44-31(17-11-12-20-42-27(3)48)38(53)47-21-18-40(41,19-22-47)39(54)55)45-37(52)34(25-30-15-9-6-10-16-30)46-36(51)33(43-28(4)49)24-29-13-7-5-8-14-29/h5-10,13-16,26,31-34H,11-12,17-25,41H2,1-4H3,(H,42,48)(H,43,49)(H,44,50)(H,45,52)(H,46,51)(H,54,55)/t31-,32-,33-,34-/m1/s1. The number of nitrogens with two attached hydrogens (primary N) is 1. The number of aliphatic carboxylic acids is 1. The number of nitrogens with one attached hydrogen (secondary N) is 5. The molecule has 0 bridgehead atoms. The fourth-order valence-electron chi connectivity index (χ4n) is 6.44. The average Bonchev–Trinajstić information content (AvgIpc) is 3.13. The summed E-state index contributed by atoms with van der Waals surface area (Å²) >= 11 is 0. The fraction of sp³-hybridized carbons (Fsp3) is 0.525. The first-order chi connectivity index (χ1) is 26.1. The molecule has 8 N–H and O–H groups in total. The van der Waals surface area contributed by atoms with Crippen LogP contribution in [0, 0.1) is 5.92 Å². The SMILES string of the molecule is CC(=O)NCCCC[C@@H](NC(=O)[C@@H](CC(C)C)NC(=O)[C@@H](Cc1ccccc1)NC(=O)[C@@H](Cc1ccccc1)NC(C)=O)C(=O)N1CCC(N)(C(=O)O)CC1. The Balaban J connectivity index is 1.83. The lowest BCUT2D eigenvalue weighted by atomic mass is 9.88. The van der Waals surface area contributed by atoms with Crippen LogP contribution in [0.1, 0.15) is 77.3 Å². The molecule has 1 heterocycles. The van der Waals surface area contributed by atoms with E-state index in [1.807, 2.05) is 74.5 Å². The lowest BCUT2D eigenvalue weighted by Gasteiger charge is -2.38. The van der Waals surface area contributed by atoms with Crippen molar-refractivity contribution in [2.45, 2.75) is 109 Å². The number of hydrogen-bond acceptors (Lipinski definition) is 8. The van der Waals surface area contributed by atoms with E-state index >= 15 is 0 Å². The molecule has 55 heavy (non-hydrogen) atoms. The van der Waals surface area contributed by atoms with E-state index in [0.717, 1.165) is 11.1 Å². The van der Waals surface area contributed by atoms with Gasteiger partial charge < -0.3 is 42.3 Å². The summed E-state index contributed by atoms with van der Waals surface area (Å²) in [4.78, 5) is 92.4. The Morgan fingerprint density at radius 1 is 0.691 bits per heavy atom. The highest BCUT2D eigenvalue weighted by atomic mass is 16.4. The van der Waals surface area contributed by atoms with Gasteiger partial charge in [0, 0.05) is 46.3 Å². The number of piperidine rings is 1. The van der Waals surface area contributed by atoms with Crippen molar-refractivity contribution in [2.24, 2.45) is 11.7 Å². The first-order valence-corrected chi connectivity index (χ1v) is 18.9. The first-order valence-electron chi connectivity index (χ1n) is 18.9. The molecule has 300 valence electrons. The van der Waals surface area contributed by atoms with Crippen molar-refractivity contribution < 1.29 is 38.7 Å². The van der Waals surface area contributed by atoms with Crippen LogP contribution in [0.5, 0.6) is 0 Å². The number of carboxylic acid groups (broad SMARTS) is 1. The molecule has 2 aromatic rings. The Morgan fingerprint density at radius 2 is 1.16 bits per heavy atom. The van der Waals surface area contributed by atoms with Crippen LogP contribution in [0.25, 0.3) is 0 Å². The van der Waals surface area contributed by atoms with Crippen molar-refractivity contribution in [1.82, 2.24) is 31.5 Å². The van der Waals surface area contributed by atoms with Gasteiger partial charge in [-0.05, 0) is 55.6 Å². The van der Waals surface area contributed by atoms with Gasteiger partial charge in [-0.1, -0.05) is 74.5 Å². The monoisotopic (exact) mass is 763 g/mol. The van der Waals surface area contributed by atoms with Gasteiger partial charge in [0.1, 0.15) is 29.7 Å². The molecule has 4 atom stereocenters. The van der Waals surface area contributed by atoms with E-state index in [4.69, 9.17) is 5.73 Å². The Hall–Kier alpha value is -5.31. The predicted octanol–water partition coefficient (Wildman–Crippen LogP) is 1.19. The molecule has 1 aliphatic heterocycles. The summed E-state index contributed by atoms with van der Waals surface area (Å²) in [5, 5.41) is 23.5. The number of carbonyl (C=O) groups is 7. The van der Waals surface area contributed by atoms with Crippen LogP contribution in [0.3, 0.4) is 0 Å². The maximum absolute atomic E-state index is 14.1. The van der Waals surface area contributed by atoms with E-state index in [1.165, 1.54) is 18.7 Å². The molecule has 0 saturated carbocycles. The number of hydrogen-bond donors (Lipinski definition) is 7. The number of carboxylic acids is 1. The Labute approximate surface area is 322 Å². The van der Waals surface area contributed by atoms with Crippen LogP contribution < -0.4 is 32.3 Å². The van der Waals surface area contributed by atoms with Gasteiger partial charge in [0.25, 0.3) is 0 Å². The molecule has 0 radical (unpaired) electrons. The maximum atomic E-state index is 14.1. The number of carbonyl (C=O) groups excluding carboxylic acids is 6. The van der Waals surface area contributed by atoms with Crippen molar-refractivity contribution in [3.8, 4) is 0 Å². The Morgan fingerprint density at radius 3 is 1.64 bits per heavy atom. The minimum absolute atomic E-state index is 0.0476. The van der Waals surface area contributed by atoms with Crippen LogP contribution in [0.2, 0.25) is 0 Å². The second-order valence-corrected chi connectivity index (χ2v) is 14.7. The summed E-state index contributed by atoms with van der Waals surface area (Å²) in [6.45, 7) is 7.06. The minimum atomic E-state index is -1.45. The maximum Gasteiger partial charge on any atom is 0.323 e. The second-order valence-electron chi connectivity index (χ2n) is 14.7. The van der Waals surface area contributed by atoms with Crippen LogP contribution in [0.4, 0.5) is 0 Å². The van der Waals surface area contributed by atoms with Crippen LogP contribution in [0.15, 0.2) is 60.7 Å². The summed E-state index contributed by atoms with van der Waals surface area (Å²) in [5.41, 5.74) is 6.15. The molecule has 1 fully saturated rings. The van der Waals surface area contributed by atoms with Gasteiger partial charge in [-0.2, -0.15) is 0 Å². The summed E-state index contributed by atoms with van der Waals surface area (Å²) in [6.07, 6.45) is 1.84. The number of nitrogens with zero attached hydrogens (tertiary/aromatic N) is 1. The molecule has 15 nitrogen and oxygen atoms in total. The van der Waals surface area contributed by atoms with E-state index in [9.17, 15) is 38.7 Å². The lowest BCUT2D eigenvalue weighted by Crippen LogP contribution is -2.61. The Bertz CT molecular complexity index is 1610. The number of unbranched alkanes of at least 4 members (excludes halogenated alkanes) is 1. The molecule has 1 saturated heterocycles. The van der Waals surface area contributed by atoms with Crippen LogP contribution in [-0.2, 0) is 46.4 Å². The third-order valence-electron chi connectivity index (χ3n) is 9.53. The fourth-order valence-corrected chi connectivity index (χ4v) is 6.44. The molecule has 2 aromatic carbocycles. The molecule has 0 unspecified atom stereocenters. The number of amides is 6. The zero-order valence-electron chi connectivity index (χ0n) is 32.3. The van der Waals surface area contributed by atoms with E-state index in [1.54, 1.807) is 0 Å². The highest BCUT2D eigenvalue weighted by Gasteiger charge is 2.40. The molecular weight excluding hydrogens is 706 g/mol. The normalized spacial score (nSPS) is 15.8. The van der Waals surface area contributed by atoms with Gasteiger partial charge >= 0.3 is 5.97 Å². The topological polar surface area (TPSA) is 229 Å². The zero-order valence-corrected chi connectivity index (χ0v) is 32.3. The van der Waals surface area contributed by atoms with Crippen molar-refractivity contribution in [1.29, 1.82) is 0 Å².